The average molecular weight is 419 g/mol. The minimum atomic E-state index is -0.269. The van der Waals surface area contributed by atoms with Gasteiger partial charge in [-0.15, -0.1) is 0 Å². The molecule has 0 aliphatic carbocycles. The van der Waals surface area contributed by atoms with Crippen molar-refractivity contribution in [3.63, 3.8) is 0 Å². The first kappa shape index (κ1) is 26.2. The Morgan fingerprint density at radius 3 is 1.73 bits per heavy atom. The van der Waals surface area contributed by atoms with Crippen molar-refractivity contribution in [1.82, 2.24) is 0 Å². The van der Waals surface area contributed by atoms with E-state index in [-0.39, 0.29) is 17.4 Å². The molecule has 0 aliphatic heterocycles. The summed E-state index contributed by atoms with van der Waals surface area (Å²) in [5.74, 6) is 0.206. The van der Waals surface area contributed by atoms with E-state index >= 15 is 0 Å². The van der Waals surface area contributed by atoms with Gasteiger partial charge in [0.2, 0.25) is 0 Å². The number of carbonyl (C=O) groups is 2. The number of rotatable bonds is 14. The van der Waals surface area contributed by atoms with Crippen molar-refractivity contribution in [2.75, 3.05) is 0 Å². The lowest BCUT2D eigenvalue weighted by Gasteiger charge is -2.23. The van der Waals surface area contributed by atoms with E-state index in [4.69, 9.17) is 9.47 Å². The van der Waals surface area contributed by atoms with Gasteiger partial charge in [-0.05, 0) is 24.3 Å². The highest BCUT2D eigenvalue weighted by Crippen LogP contribution is 2.39. The molecular weight excluding hydrogens is 376 g/mol. The van der Waals surface area contributed by atoms with Crippen LogP contribution >= 0.6 is 0 Å². The second-order valence-corrected chi connectivity index (χ2v) is 9.16. The SMILES string of the molecule is CCCCCCCC(=O)Oc1cccc(C(C)(C)C)c1OC(=O)CCCCCCC. The first-order valence-electron chi connectivity index (χ1n) is 11.8. The van der Waals surface area contributed by atoms with Gasteiger partial charge < -0.3 is 9.47 Å². The maximum atomic E-state index is 12.5. The lowest BCUT2D eigenvalue weighted by molar-refractivity contribution is -0.137. The van der Waals surface area contributed by atoms with E-state index in [0.717, 1.165) is 44.1 Å². The summed E-state index contributed by atoms with van der Waals surface area (Å²) in [5.41, 5.74) is 0.634. The molecule has 0 bridgehead atoms. The van der Waals surface area contributed by atoms with Gasteiger partial charge in [0.05, 0.1) is 0 Å². The molecule has 0 spiro atoms. The smallest absolute Gasteiger partial charge is 0.311 e. The average Bonchev–Trinajstić information content (AvgIpc) is 2.68. The molecule has 0 atom stereocenters. The molecule has 0 saturated heterocycles. The lowest BCUT2D eigenvalue weighted by Crippen LogP contribution is -2.18. The first-order chi connectivity index (χ1) is 14.3. The minimum absolute atomic E-state index is 0.237. The Labute approximate surface area is 183 Å². The number of hydrogen-bond acceptors (Lipinski definition) is 4. The monoisotopic (exact) mass is 418 g/mol. The number of para-hydroxylation sites is 1. The van der Waals surface area contributed by atoms with Gasteiger partial charge in [0.15, 0.2) is 11.5 Å². The van der Waals surface area contributed by atoms with Crippen LogP contribution in [0, 0.1) is 0 Å². The minimum Gasteiger partial charge on any atom is -0.423 e. The molecule has 1 aromatic carbocycles. The summed E-state index contributed by atoms with van der Waals surface area (Å²) in [6, 6.07) is 5.51. The fourth-order valence-electron chi connectivity index (χ4n) is 3.38. The number of ether oxygens (including phenoxy) is 2. The third kappa shape index (κ3) is 10.3. The highest BCUT2D eigenvalue weighted by atomic mass is 16.6. The molecule has 30 heavy (non-hydrogen) atoms. The van der Waals surface area contributed by atoms with E-state index < -0.39 is 0 Å². The van der Waals surface area contributed by atoms with E-state index in [9.17, 15) is 9.59 Å². The van der Waals surface area contributed by atoms with Crippen molar-refractivity contribution in [3.05, 3.63) is 23.8 Å². The van der Waals surface area contributed by atoms with Crippen molar-refractivity contribution in [1.29, 1.82) is 0 Å². The van der Waals surface area contributed by atoms with Gasteiger partial charge in [-0.1, -0.05) is 98.1 Å². The van der Waals surface area contributed by atoms with Crippen LogP contribution in [0.3, 0.4) is 0 Å². The van der Waals surface area contributed by atoms with Gasteiger partial charge in [-0.3, -0.25) is 9.59 Å². The summed E-state index contributed by atoms with van der Waals surface area (Å²) >= 11 is 0. The van der Waals surface area contributed by atoms with E-state index in [1.807, 2.05) is 12.1 Å². The van der Waals surface area contributed by atoms with Crippen molar-refractivity contribution in [2.24, 2.45) is 0 Å². The summed E-state index contributed by atoms with van der Waals surface area (Å²) in [7, 11) is 0. The van der Waals surface area contributed by atoms with Crippen LogP contribution in [0.2, 0.25) is 0 Å². The first-order valence-corrected chi connectivity index (χ1v) is 11.8. The zero-order chi connectivity index (χ0) is 22.4. The van der Waals surface area contributed by atoms with Crippen LogP contribution in [0.5, 0.6) is 11.5 Å². The molecule has 0 unspecified atom stereocenters. The van der Waals surface area contributed by atoms with Gasteiger partial charge in [-0.25, -0.2) is 0 Å². The van der Waals surface area contributed by atoms with Crippen LogP contribution in [-0.4, -0.2) is 11.9 Å². The maximum Gasteiger partial charge on any atom is 0.311 e. The van der Waals surface area contributed by atoms with Crippen LogP contribution in [0.4, 0.5) is 0 Å². The molecule has 0 fully saturated rings. The molecule has 1 aromatic rings. The molecule has 170 valence electrons. The quantitative estimate of drug-likeness (QED) is 0.178. The highest BCUT2D eigenvalue weighted by Gasteiger charge is 2.25. The standard InChI is InChI=1S/C26H42O4/c1-6-8-10-12-14-19-23(27)29-22-18-16-17-21(26(3,4)5)25(22)30-24(28)20-15-13-11-9-7-2/h16-18H,6-15,19-20H2,1-5H3. The summed E-state index contributed by atoms with van der Waals surface area (Å²) in [4.78, 5) is 24.8. The molecule has 0 saturated carbocycles. The Balaban J connectivity index is 2.79. The third-order valence-corrected chi connectivity index (χ3v) is 5.20. The zero-order valence-electron chi connectivity index (χ0n) is 19.9. The Hall–Kier alpha value is -1.84. The largest absolute Gasteiger partial charge is 0.423 e. The second-order valence-electron chi connectivity index (χ2n) is 9.16. The molecule has 0 aromatic heterocycles. The predicted octanol–water partition coefficient (Wildman–Crippen LogP) is 7.52. The van der Waals surface area contributed by atoms with Crippen LogP contribution in [0.15, 0.2) is 18.2 Å². The van der Waals surface area contributed by atoms with Gasteiger partial charge in [-0.2, -0.15) is 0 Å². The maximum absolute atomic E-state index is 12.5. The van der Waals surface area contributed by atoms with Gasteiger partial charge >= 0.3 is 11.9 Å². The van der Waals surface area contributed by atoms with Gasteiger partial charge in [0.1, 0.15) is 0 Å². The zero-order valence-corrected chi connectivity index (χ0v) is 19.9. The molecule has 0 amide bonds. The molecular formula is C26H42O4. The Morgan fingerprint density at radius 1 is 0.733 bits per heavy atom. The molecule has 4 nitrogen and oxygen atoms in total. The fraction of sp³-hybridized carbons (Fsp3) is 0.692. The molecule has 0 radical (unpaired) electrons. The number of hydrogen-bond donors (Lipinski definition) is 0. The van der Waals surface area contributed by atoms with E-state index in [1.165, 1.54) is 25.7 Å². The molecule has 4 heteroatoms. The second kappa shape index (κ2) is 14.2. The number of carbonyl (C=O) groups excluding carboxylic acids is 2. The summed E-state index contributed by atoms with van der Waals surface area (Å²) < 4.78 is 11.4. The van der Waals surface area contributed by atoms with E-state index in [2.05, 4.69) is 34.6 Å². The van der Waals surface area contributed by atoms with Crippen molar-refractivity contribution < 1.29 is 19.1 Å². The van der Waals surface area contributed by atoms with Crippen molar-refractivity contribution in [2.45, 2.75) is 117 Å². The predicted molar refractivity (Wildman–Crippen MR) is 123 cm³/mol. The Morgan fingerprint density at radius 2 is 1.23 bits per heavy atom. The summed E-state index contributed by atoms with van der Waals surface area (Å²) in [6.45, 7) is 10.5. The fourth-order valence-corrected chi connectivity index (χ4v) is 3.38. The molecule has 0 N–H and O–H groups in total. The number of unbranched alkanes of at least 4 members (excludes halogenated alkanes) is 8. The van der Waals surface area contributed by atoms with Crippen LogP contribution in [-0.2, 0) is 15.0 Å². The Kier molecular flexibility index (Phi) is 12.4. The Bertz CT molecular complexity index is 643. The van der Waals surface area contributed by atoms with Gasteiger partial charge in [0.25, 0.3) is 0 Å². The molecule has 0 heterocycles. The van der Waals surface area contributed by atoms with Crippen molar-refractivity contribution >= 4 is 11.9 Å². The summed E-state index contributed by atoms with van der Waals surface area (Å²) in [5, 5.41) is 0. The lowest BCUT2D eigenvalue weighted by atomic mass is 9.86. The normalized spacial score (nSPS) is 11.4. The third-order valence-electron chi connectivity index (χ3n) is 5.20. The topological polar surface area (TPSA) is 52.6 Å². The van der Waals surface area contributed by atoms with Crippen LogP contribution in [0.1, 0.15) is 117 Å². The van der Waals surface area contributed by atoms with Crippen molar-refractivity contribution in [3.8, 4) is 11.5 Å². The molecule has 1 rings (SSSR count). The highest BCUT2D eigenvalue weighted by molar-refractivity contribution is 5.77. The number of benzene rings is 1. The number of esters is 2. The van der Waals surface area contributed by atoms with E-state index in [0.29, 0.717) is 24.3 Å². The van der Waals surface area contributed by atoms with Gasteiger partial charge in [0, 0.05) is 18.4 Å². The van der Waals surface area contributed by atoms with Crippen LogP contribution in [0.25, 0.3) is 0 Å². The van der Waals surface area contributed by atoms with E-state index in [1.54, 1.807) is 6.07 Å². The van der Waals surface area contributed by atoms with Crippen LogP contribution < -0.4 is 9.47 Å². The summed E-state index contributed by atoms with van der Waals surface area (Å²) in [6.07, 6.45) is 11.5. The molecule has 0 aliphatic rings.